The van der Waals surface area contributed by atoms with Crippen molar-refractivity contribution in [3.05, 3.63) is 0 Å². The Kier molecular flexibility index (Phi) is 5.49. The lowest BCUT2D eigenvalue weighted by Gasteiger charge is -2.04. The van der Waals surface area contributed by atoms with Gasteiger partial charge in [-0.15, -0.1) is 11.6 Å². The van der Waals surface area contributed by atoms with Crippen LogP contribution in [0.1, 0.15) is 26.2 Å². The van der Waals surface area contributed by atoms with Gasteiger partial charge in [0.1, 0.15) is 0 Å². The van der Waals surface area contributed by atoms with Crippen molar-refractivity contribution < 1.29 is 0 Å². The number of nitrogens with one attached hydrogen (secondary N) is 1. The van der Waals surface area contributed by atoms with Crippen LogP contribution in [-0.4, -0.2) is 5.50 Å². The molecule has 0 rings (SSSR count). The molecule has 3 heteroatoms. The summed E-state index contributed by atoms with van der Waals surface area (Å²) >= 11 is 5.61. The molecule has 0 saturated carbocycles. The maximum atomic E-state index is 5.61. The second-order valence-electron chi connectivity index (χ2n) is 1.78. The average molecular weight is 137 g/mol. The summed E-state index contributed by atoms with van der Waals surface area (Å²) in [7, 11) is 0. The Labute approximate surface area is 55.4 Å². The quantitative estimate of drug-likeness (QED) is 0.264. The van der Waals surface area contributed by atoms with Gasteiger partial charge >= 0.3 is 0 Å². The van der Waals surface area contributed by atoms with Gasteiger partial charge < -0.3 is 0 Å². The number of alkyl halides is 1. The topological polar surface area (TPSA) is 38.0 Å². The summed E-state index contributed by atoms with van der Waals surface area (Å²) in [5.74, 6) is 5.03. The third-order valence-electron chi connectivity index (χ3n) is 0.992. The second kappa shape index (κ2) is 5.35. The predicted molar refractivity (Wildman–Crippen MR) is 36.5 cm³/mol. The first-order chi connectivity index (χ1) is 3.81. The summed E-state index contributed by atoms with van der Waals surface area (Å²) in [6.07, 6.45) is 3.26. The van der Waals surface area contributed by atoms with Crippen molar-refractivity contribution in [2.45, 2.75) is 31.7 Å². The molecule has 0 aromatic rings. The summed E-state index contributed by atoms with van der Waals surface area (Å²) < 4.78 is 0. The van der Waals surface area contributed by atoms with E-state index < -0.39 is 0 Å². The largest absolute Gasteiger partial charge is 0.270 e. The lowest BCUT2D eigenvalue weighted by Crippen LogP contribution is -2.30. The molecule has 0 aromatic carbocycles. The molecule has 0 radical (unpaired) electrons. The maximum absolute atomic E-state index is 5.61. The monoisotopic (exact) mass is 136 g/mol. The number of nitrogens with two attached hydrogens (primary N) is 1. The summed E-state index contributed by atoms with van der Waals surface area (Å²) in [6, 6.07) is 0. The first-order valence-corrected chi connectivity index (χ1v) is 3.35. The lowest BCUT2D eigenvalue weighted by molar-refractivity contribution is 0.592. The minimum atomic E-state index is -0.0463. The van der Waals surface area contributed by atoms with Crippen molar-refractivity contribution >= 4 is 11.6 Å². The Bertz CT molecular complexity index is 49.7. The van der Waals surface area contributed by atoms with E-state index >= 15 is 0 Å². The van der Waals surface area contributed by atoms with Gasteiger partial charge in [-0.3, -0.25) is 5.84 Å². The van der Waals surface area contributed by atoms with Gasteiger partial charge in [-0.2, -0.15) is 0 Å². The SMILES string of the molecule is CCCCC(Cl)NN. The normalized spacial score (nSPS) is 13.9. The minimum Gasteiger partial charge on any atom is -0.270 e. The van der Waals surface area contributed by atoms with Crippen LogP contribution < -0.4 is 11.3 Å². The molecular formula is C5H13ClN2. The highest BCUT2D eigenvalue weighted by Gasteiger charge is 1.96. The van der Waals surface area contributed by atoms with E-state index in [1.54, 1.807) is 0 Å². The maximum Gasteiger partial charge on any atom is 0.0949 e. The van der Waals surface area contributed by atoms with Crippen LogP contribution in [0.15, 0.2) is 0 Å². The highest BCUT2D eigenvalue weighted by Crippen LogP contribution is 2.01. The van der Waals surface area contributed by atoms with Gasteiger partial charge in [-0.1, -0.05) is 19.8 Å². The molecule has 0 spiro atoms. The smallest absolute Gasteiger partial charge is 0.0949 e. The fraction of sp³-hybridized carbons (Fsp3) is 1.00. The molecule has 0 aliphatic rings. The van der Waals surface area contributed by atoms with Crippen molar-refractivity contribution in [1.29, 1.82) is 0 Å². The number of hydrogen-bond acceptors (Lipinski definition) is 2. The van der Waals surface area contributed by atoms with Crippen LogP contribution in [0.4, 0.5) is 0 Å². The Balaban J connectivity index is 2.86. The van der Waals surface area contributed by atoms with E-state index in [0.29, 0.717) is 0 Å². The standard InChI is InChI=1S/C5H13ClN2/c1-2-3-4-5(6)8-7/h5,8H,2-4,7H2,1H3. The van der Waals surface area contributed by atoms with Gasteiger partial charge in [0, 0.05) is 0 Å². The molecule has 2 nitrogen and oxygen atoms in total. The molecule has 1 unspecified atom stereocenters. The number of halogens is 1. The Morgan fingerprint density at radius 1 is 1.75 bits per heavy atom. The number of unbranched alkanes of at least 4 members (excludes halogenated alkanes) is 1. The third-order valence-corrected chi connectivity index (χ3v) is 1.34. The predicted octanol–water partition coefficient (Wildman–Crippen LogP) is 1.20. The molecular weight excluding hydrogens is 124 g/mol. The molecule has 0 aliphatic heterocycles. The van der Waals surface area contributed by atoms with Crippen molar-refractivity contribution in [2.24, 2.45) is 5.84 Å². The highest BCUT2D eigenvalue weighted by atomic mass is 35.5. The first kappa shape index (κ1) is 8.21. The van der Waals surface area contributed by atoms with Crippen LogP contribution in [0.2, 0.25) is 0 Å². The molecule has 0 bridgehead atoms. The van der Waals surface area contributed by atoms with E-state index in [-0.39, 0.29) is 5.50 Å². The van der Waals surface area contributed by atoms with Gasteiger partial charge in [0.05, 0.1) is 5.50 Å². The number of hydrazine groups is 1. The molecule has 0 saturated heterocycles. The molecule has 3 N–H and O–H groups in total. The molecule has 0 amide bonds. The summed E-state index contributed by atoms with van der Waals surface area (Å²) in [5, 5.41) is 0. The molecule has 50 valence electrons. The zero-order chi connectivity index (χ0) is 6.41. The summed E-state index contributed by atoms with van der Waals surface area (Å²) in [5.41, 5.74) is 2.42. The second-order valence-corrected chi connectivity index (χ2v) is 2.30. The summed E-state index contributed by atoms with van der Waals surface area (Å²) in [4.78, 5) is 0. The molecule has 1 atom stereocenters. The zero-order valence-electron chi connectivity index (χ0n) is 5.15. The van der Waals surface area contributed by atoms with Crippen LogP contribution in [0.25, 0.3) is 0 Å². The van der Waals surface area contributed by atoms with Crippen molar-refractivity contribution in [2.75, 3.05) is 0 Å². The van der Waals surface area contributed by atoms with Crippen LogP contribution in [0, 0.1) is 0 Å². The lowest BCUT2D eigenvalue weighted by atomic mass is 10.2. The zero-order valence-corrected chi connectivity index (χ0v) is 5.91. The Morgan fingerprint density at radius 2 is 2.38 bits per heavy atom. The number of hydrogen-bond donors (Lipinski definition) is 2. The van der Waals surface area contributed by atoms with Crippen LogP contribution in [0.5, 0.6) is 0 Å². The van der Waals surface area contributed by atoms with Gasteiger partial charge in [0.15, 0.2) is 0 Å². The van der Waals surface area contributed by atoms with Crippen LogP contribution in [-0.2, 0) is 0 Å². The molecule has 0 aliphatic carbocycles. The highest BCUT2D eigenvalue weighted by molar-refractivity contribution is 6.20. The average Bonchev–Trinajstić information content (AvgIpc) is 1.83. The Morgan fingerprint density at radius 3 is 2.75 bits per heavy atom. The van der Waals surface area contributed by atoms with Crippen molar-refractivity contribution in [3.8, 4) is 0 Å². The van der Waals surface area contributed by atoms with Gasteiger partial charge in [-0.25, -0.2) is 5.43 Å². The van der Waals surface area contributed by atoms with Crippen molar-refractivity contribution in [1.82, 2.24) is 5.43 Å². The van der Waals surface area contributed by atoms with E-state index in [1.807, 2.05) is 0 Å². The van der Waals surface area contributed by atoms with E-state index in [0.717, 1.165) is 12.8 Å². The molecule has 8 heavy (non-hydrogen) atoms. The van der Waals surface area contributed by atoms with Crippen LogP contribution in [0.3, 0.4) is 0 Å². The molecule has 0 aromatic heterocycles. The summed E-state index contributed by atoms with van der Waals surface area (Å²) in [6.45, 7) is 2.13. The van der Waals surface area contributed by atoms with Gasteiger partial charge in [0.2, 0.25) is 0 Å². The molecule has 0 heterocycles. The minimum absolute atomic E-state index is 0.0463. The fourth-order valence-electron chi connectivity index (χ4n) is 0.467. The van der Waals surface area contributed by atoms with Gasteiger partial charge in [-0.05, 0) is 6.42 Å². The van der Waals surface area contributed by atoms with E-state index in [4.69, 9.17) is 17.4 Å². The van der Waals surface area contributed by atoms with E-state index in [2.05, 4.69) is 12.3 Å². The van der Waals surface area contributed by atoms with E-state index in [1.165, 1.54) is 6.42 Å². The van der Waals surface area contributed by atoms with Crippen LogP contribution >= 0.6 is 11.6 Å². The van der Waals surface area contributed by atoms with Gasteiger partial charge in [0.25, 0.3) is 0 Å². The Hall–Kier alpha value is 0.210. The fourth-order valence-corrected chi connectivity index (χ4v) is 0.621. The third kappa shape index (κ3) is 4.37. The van der Waals surface area contributed by atoms with E-state index in [9.17, 15) is 0 Å². The first-order valence-electron chi connectivity index (χ1n) is 2.91. The molecule has 0 fully saturated rings. The number of rotatable bonds is 4. The van der Waals surface area contributed by atoms with Crippen molar-refractivity contribution in [3.63, 3.8) is 0 Å².